The highest BCUT2D eigenvalue weighted by molar-refractivity contribution is 5.85. The number of nitrogens with zero attached hydrogens (tertiary/aromatic N) is 1. The van der Waals surface area contributed by atoms with Gasteiger partial charge in [-0.05, 0) is 43.2 Å². The number of ether oxygens (including phenoxy) is 2. The number of hydrazone groups is 1. The van der Waals surface area contributed by atoms with Gasteiger partial charge in [0, 0.05) is 30.3 Å². The number of hydrogen-bond acceptors (Lipinski definition) is 5. The molecular weight excluding hydrogens is 330 g/mol. The van der Waals surface area contributed by atoms with Crippen molar-refractivity contribution in [2.75, 3.05) is 26.1 Å². The van der Waals surface area contributed by atoms with Crippen molar-refractivity contribution in [2.24, 2.45) is 5.10 Å². The Balaban J connectivity index is 1.73. The standard InChI is InChI=1S/C20H25N3O3/c1-15-6-4-7-17(12-15)21-11-5-8-20(24)23-22-14-16-9-10-18(25-2)13-19(16)26-3/h4,6-7,9-10,12-14,21H,5,8,11H2,1-3H3,(H,23,24). The predicted octanol–water partition coefficient (Wildman–Crippen LogP) is 3.35. The lowest BCUT2D eigenvalue weighted by molar-refractivity contribution is -0.121. The van der Waals surface area contributed by atoms with Crippen molar-refractivity contribution in [3.05, 3.63) is 53.6 Å². The van der Waals surface area contributed by atoms with Crippen LogP contribution in [0.15, 0.2) is 47.6 Å². The van der Waals surface area contributed by atoms with E-state index in [0.717, 1.165) is 24.2 Å². The fraction of sp³-hybridized carbons (Fsp3) is 0.300. The first kappa shape index (κ1) is 19.3. The monoisotopic (exact) mass is 355 g/mol. The quantitative estimate of drug-likeness (QED) is 0.411. The van der Waals surface area contributed by atoms with Crippen LogP contribution in [-0.4, -0.2) is 32.9 Å². The van der Waals surface area contributed by atoms with E-state index < -0.39 is 0 Å². The van der Waals surface area contributed by atoms with Crippen molar-refractivity contribution in [1.82, 2.24) is 5.43 Å². The van der Waals surface area contributed by atoms with Gasteiger partial charge in [-0.1, -0.05) is 12.1 Å². The van der Waals surface area contributed by atoms with E-state index in [1.165, 1.54) is 5.56 Å². The number of carbonyl (C=O) groups excluding carboxylic acids is 1. The van der Waals surface area contributed by atoms with E-state index >= 15 is 0 Å². The van der Waals surface area contributed by atoms with Crippen LogP contribution in [0.1, 0.15) is 24.0 Å². The fourth-order valence-corrected chi connectivity index (χ4v) is 2.39. The van der Waals surface area contributed by atoms with Crippen molar-refractivity contribution in [3.63, 3.8) is 0 Å². The molecule has 0 bridgehead atoms. The van der Waals surface area contributed by atoms with Crippen LogP contribution < -0.4 is 20.2 Å². The molecule has 0 saturated carbocycles. The normalized spacial score (nSPS) is 10.6. The third-order valence-corrected chi connectivity index (χ3v) is 3.76. The minimum absolute atomic E-state index is 0.125. The molecule has 0 spiro atoms. The van der Waals surface area contributed by atoms with Gasteiger partial charge in [0.1, 0.15) is 11.5 Å². The van der Waals surface area contributed by atoms with Gasteiger partial charge in [-0.15, -0.1) is 0 Å². The van der Waals surface area contributed by atoms with Crippen LogP contribution >= 0.6 is 0 Å². The summed E-state index contributed by atoms with van der Waals surface area (Å²) in [7, 11) is 3.17. The van der Waals surface area contributed by atoms with Crippen molar-refractivity contribution < 1.29 is 14.3 Å². The van der Waals surface area contributed by atoms with Crippen LogP contribution in [0.4, 0.5) is 5.69 Å². The highest BCUT2D eigenvalue weighted by atomic mass is 16.5. The average Bonchev–Trinajstić information content (AvgIpc) is 2.65. The van der Waals surface area contributed by atoms with Gasteiger partial charge >= 0.3 is 0 Å². The van der Waals surface area contributed by atoms with Gasteiger partial charge in [0.2, 0.25) is 5.91 Å². The molecule has 0 radical (unpaired) electrons. The molecule has 0 fully saturated rings. The fourth-order valence-electron chi connectivity index (χ4n) is 2.39. The number of amides is 1. The minimum Gasteiger partial charge on any atom is -0.497 e. The van der Waals surface area contributed by atoms with E-state index in [1.807, 2.05) is 24.3 Å². The maximum absolute atomic E-state index is 11.8. The summed E-state index contributed by atoms with van der Waals surface area (Å²) in [4.78, 5) is 11.8. The molecule has 2 aromatic rings. The predicted molar refractivity (Wildman–Crippen MR) is 104 cm³/mol. The second-order valence-electron chi connectivity index (χ2n) is 5.80. The Bertz CT molecular complexity index is 760. The van der Waals surface area contributed by atoms with Crippen LogP contribution in [0.2, 0.25) is 0 Å². The Hall–Kier alpha value is -3.02. The van der Waals surface area contributed by atoms with E-state index in [0.29, 0.717) is 17.9 Å². The Morgan fingerprint density at radius 2 is 2.00 bits per heavy atom. The zero-order valence-corrected chi connectivity index (χ0v) is 15.4. The Kier molecular flexibility index (Phi) is 7.49. The molecule has 0 heterocycles. The third-order valence-electron chi connectivity index (χ3n) is 3.76. The summed E-state index contributed by atoms with van der Waals surface area (Å²) < 4.78 is 10.4. The zero-order chi connectivity index (χ0) is 18.8. The number of carbonyl (C=O) groups is 1. The van der Waals surface area contributed by atoms with Gasteiger partial charge < -0.3 is 14.8 Å². The largest absolute Gasteiger partial charge is 0.497 e. The Morgan fingerprint density at radius 3 is 2.73 bits per heavy atom. The molecule has 1 amide bonds. The van der Waals surface area contributed by atoms with Gasteiger partial charge in [0.25, 0.3) is 0 Å². The van der Waals surface area contributed by atoms with Crippen LogP contribution in [0.3, 0.4) is 0 Å². The van der Waals surface area contributed by atoms with Crippen molar-refractivity contribution in [2.45, 2.75) is 19.8 Å². The molecule has 0 saturated heterocycles. The second kappa shape index (κ2) is 10.1. The molecule has 26 heavy (non-hydrogen) atoms. The Morgan fingerprint density at radius 1 is 1.15 bits per heavy atom. The SMILES string of the molecule is COc1ccc(C=NNC(=O)CCCNc2cccc(C)c2)c(OC)c1. The summed E-state index contributed by atoms with van der Waals surface area (Å²) in [5, 5.41) is 7.29. The van der Waals surface area contributed by atoms with E-state index in [-0.39, 0.29) is 5.91 Å². The summed E-state index contributed by atoms with van der Waals surface area (Å²) in [5.41, 5.74) is 5.56. The highest BCUT2D eigenvalue weighted by Crippen LogP contribution is 2.22. The van der Waals surface area contributed by atoms with Crippen molar-refractivity contribution >= 4 is 17.8 Å². The second-order valence-corrected chi connectivity index (χ2v) is 5.80. The van der Waals surface area contributed by atoms with E-state index in [2.05, 4.69) is 34.9 Å². The minimum atomic E-state index is -0.125. The first-order valence-corrected chi connectivity index (χ1v) is 8.47. The molecule has 6 nitrogen and oxygen atoms in total. The summed E-state index contributed by atoms with van der Waals surface area (Å²) in [6, 6.07) is 13.5. The molecule has 2 rings (SSSR count). The number of methoxy groups -OCH3 is 2. The summed E-state index contributed by atoms with van der Waals surface area (Å²) in [6.45, 7) is 2.78. The van der Waals surface area contributed by atoms with Gasteiger partial charge in [-0.3, -0.25) is 4.79 Å². The number of anilines is 1. The molecule has 6 heteroatoms. The molecule has 0 aromatic heterocycles. The van der Waals surface area contributed by atoms with Gasteiger partial charge in [-0.25, -0.2) is 5.43 Å². The van der Waals surface area contributed by atoms with E-state index in [9.17, 15) is 4.79 Å². The lowest BCUT2D eigenvalue weighted by Gasteiger charge is -2.07. The first-order valence-electron chi connectivity index (χ1n) is 8.47. The summed E-state index contributed by atoms with van der Waals surface area (Å²) >= 11 is 0. The molecular formula is C20H25N3O3. The van der Waals surface area contributed by atoms with Crippen LogP contribution in [0.25, 0.3) is 0 Å². The highest BCUT2D eigenvalue weighted by Gasteiger charge is 2.03. The van der Waals surface area contributed by atoms with Crippen molar-refractivity contribution in [3.8, 4) is 11.5 Å². The van der Waals surface area contributed by atoms with Gasteiger partial charge in [0.05, 0.1) is 20.4 Å². The van der Waals surface area contributed by atoms with Gasteiger partial charge in [0.15, 0.2) is 0 Å². The number of aryl methyl sites for hydroxylation is 1. The lowest BCUT2D eigenvalue weighted by Crippen LogP contribution is -2.18. The van der Waals surface area contributed by atoms with E-state index in [4.69, 9.17) is 9.47 Å². The number of rotatable bonds is 9. The molecule has 0 aliphatic heterocycles. The van der Waals surface area contributed by atoms with Crippen LogP contribution in [0.5, 0.6) is 11.5 Å². The maximum Gasteiger partial charge on any atom is 0.240 e. The molecule has 2 aromatic carbocycles. The maximum atomic E-state index is 11.8. The first-order chi connectivity index (χ1) is 12.6. The van der Waals surface area contributed by atoms with Gasteiger partial charge in [-0.2, -0.15) is 5.10 Å². The Labute approximate surface area is 154 Å². The molecule has 0 aliphatic carbocycles. The number of nitrogens with one attached hydrogen (secondary N) is 2. The van der Waals surface area contributed by atoms with Crippen LogP contribution in [-0.2, 0) is 4.79 Å². The number of benzene rings is 2. The summed E-state index contributed by atoms with van der Waals surface area (Å²) in [6.07, 6.45) is 2.68. The molecule has 2 N–H and O–H groups in total. The average molecular weight is 355 g/mol. The molecule has 138 valence electrons. The van der Waals surface area contributed by atoms with Crippen molar-refractivity contribution in [1.29, 1.82) is 0 Å². The number of hydrogen-bond donors (Lipinski definition) is 2. The topological polar surface area (TPSA) is 72.0 Å². The lowest BCUT2D eigenvalue weighted by atomic mass is 10.2. The summed E-state index contributed by atoms with van der Waals surface area (Å²) in [5.74, 6) is 1.20. The van der Waals surface area contributed by atoms with Crippen LogP contribution in [0, 0.1) is 6.92 Å². The molecule has 0 atom stereocenters. The zero-order valence-electron chi connectivity index (χ0n) is 15.4. The third kappa shape index (κ3) is 6.12. The van der Waals surface area contributed by atoms with E-state index in [1.54, 1.807) is 26.5 Å². The smallest absolute Gasteiger partial charge is 0.240 e. The molecule has 0 aliphatic rings. The molecule has 0 unspecified atom stereocenters.